The molecule has 16 heavy (non-hydrogen) atoms. The molecule has 2 heterocycles. The summed E-state index contributed by atoms with van der Waals surface area (Å²) in [7, 11) is 1.84. The van der Waals surface area contributed by atoms with E-state index in [0.29, 0.717) is 0 Å². The van der Waals surface area contributed by atoms with Crippen molar-refractivity contribution in [1.29, 1.82) is 0 Å². The second-order valence-corrected chi connectivity index (χ2v) is 3.78. The Morgan fingerprint density at radius 3 is 2.88 bits per heavy atom. The van der Waals surface area contributed by atoms with Crippen LogP contribution >= 0.6 is 0 Å². The Morgan fingerprint density at radius 2 is 2.25 bits per heavy atom. The summed E-state index contributed by atoms with van der Waals surface area (Å²) in [6, 6.07) is 1.86. The summed E-state index contributed by atoms with van der Waals surface area (Å²) < 4.78 is 1.69. The van der Waals surface area contributed by atoms with Crippen molar-refractivity contribution in [3.05, 3.63) is 47.5 Å². The van der Waals surface area contributed by atoms with Gasteiger partial charge in [0.25, 0.3) is 0 Å². The molecule has 1 unspecified atom stereocenters. The minimum Gasteiger partial charge on any atom is -0.384 e. The molecule has 0 amide bonds. The second-order valence-electron chi connectivity index (χ2n) is 3.78. The first-order valence-corrected chi connectivity index (χ1v) is 5.31. The molecule has 0 saturated carbocycles. The van der Waals surface area contributed by atoms with Crippen molar-refractivity contribution >= 4 is 0 Å². The van der Waals surface area contributed by atoms with Crippen molar-refractivity contribution in [1.82, 2.24) is 14.8 Å². The van der Waals surface area contributed by atoms with Gasteiger partial charge in [0.05, 0.1) is 6.20 Å². The van der Waals surface area contributed by atoms with Gasteiger partial charge in [-0.3, -0.25) is 9.67 Å². The first kappa shape index (κ1) is 10.8. The number of aryl methyl sites for hydroxylation is 2. The molecule has 1 N–H and O–H groups in total. The Balaban J connectivity index is 2.36. The highest BCUT2D eigenvalue weighted by Gasteiger charge is 2.14. The zero-order valence-electron chi connectivity index (χ0n) is 9.46. The Bertz CT molecular complexity index is 479. The number of rotatable bonds is 3. The van der Waals surface area contributed by atoms with Gasteiger partial charge in [-0.05, 0) is 23.6 Å². The van der Waals surface area contributed by atoms with Crippen LogP contribution < -0.4 is 0 Å². The summed E-state index contributed by atoms with van der Waals surface area (Å²) in [5, 5.41) is 14.3. The van der Waals surface area contributed by atoms with Gasteiger partial charge in [0.2, 0.25) is 0 Å². The van der Waals surface area contributed by atoms with Crippen LogP contribution in [-0.4, -0.2) is 19.9 Å². The molecule has 0 radical (unpaired) electrons. The van der Waals surface area contributed by atoms with Crippen LogP contribution in [0.5, 0.6) is 0 Å². The first-order chi connectivity index (χ1) is 7.72. The average Bonchev–Trinajstić information content (AvgIpc) is 2.75. The van der Waals surface area contributed by atoms with Crippen molar-refractivity contribution in [2.45, 2.75) is 19.4 Å². The van der Waals surface area contributed by atoms with Crippen molar-refractivity contribution in [2.24, 2.45) is 7.05 Å². The molecule has 0 bridgehead atoms. The fourth-order valence-electron chi connectivity index (χ4n) is 1.76. The summed E-state index contributed by atoms with van der Waals surface area (Å²) >= 11 is 0. The van der Waals surface area contributed by atoms with Gasteiger partial charge in [-0.1, -0.05) is 6.92 Å². The maximum absolute atomic E-state index is 10.2. The van der Waals surface area contributed by atoms with E-state index >= 15 is 0 Å². The van der Waals surface area contributed by atoms with E-state index in [0.717, 1.165) is 23.1 Å². The molecular weight excluding hydrogens is 202 g/mol. The number of hydrogen-bond acceptors (Lipinski definition) is 3. The molecule has 1 atom stereocenters. The molecule has 2 aromatic rings. The zero-order valence-corrected chi connectivity index (χ0v) is 9.46. The highest BCUT2D eigenvalue weighted by molar-refractivity contribution is 5.32. The lowest BCUT2D eigenvalue weighted by Gasteiger charge is -2.12. The van der Waals surface area contributed by atoms with E-state index in [4.69, 9.17) is 0 Å². The van der Waals surface area contributed by atoms with E-state index in [-0.39, 0.29) is 0 Å². The minimum atomic E-state index is -0.619. The van der Waals surface area contributed by atoms with Crippen LogP contribution in [0.2, 0.25) is 0 Å². The molecule has 0 aromatic carbocycles. The SMILES string of the molecule is CCc1cnccc1C(O)c1cnn(C)c1. The number of pyridine rings is 1. The Kier molecular flexibility index (Phi) is 3.01. The van der Waals surface area contributed by atoms with Crippen molar-refractivity contribution in [3.8, 4) is 0 Å². The lowest BCUT2D eigenvalue weighted by molar-refractivity contribution is 0.219. The fraction of sp³-hybridized carbons (Fsp3) is 0.333. The van der Waals surface area contributed by atoms with Crippen LogP contribution in [0.4, 0.5) is 0 Å². The molecule has 2 rings (SSSR count). The van der Waals surface area contributed by atoms with Gasteiger partial charge in [0.1, 0.15) is 6.10 Å². The molecule has 0 aliphatic carbocycles. The zero-order chi connectivity index (χ0) is 11.5. The molecule has 0 spiro atoms. The highest BCUT2D eigenvalue weighted by Crippen LogP contribution is 2.24. The van der Waals surface area contributed by atoms with E-state index < -0.39 is 6.10 Å². The quantitative estimate of drug-likeness (QED) is 0.846. The van der Waals surface area contributed by atoms with Gasteiger partial charge >= 0.3 is 0 Å². The Hall–Kier alpha value is -1.68. The first-order valence-electron chi connectivity index (χ1n) is 5.31. The third-order valence-electron chi connectivity index (χ3n) is 2.66. The van der Waals surface area contributed by atoms with Gasteiger partial charge < -0.3 is 5.11 Å². The van der Waals surface area contributed by atoms with Crippen molar-refractivity contribution in [3.63, 3.8) is 0 Å². The molecule has 0 aliphatic heterocycles. The summed E-state index contributed by atoms with van der Waals surface area (Å²) in [6.45, 7) is 2.05. The van der Waals surface area contributed by atoms with Crippen LogP contribution in [-0.2, 0) is 13.5 Å². The summed E-state index contributed by atoms with van der Waals surface area (Å²) in [5.41, 5.74) is 2.78. The lowest BCUT2D eigenvalue weighted by Crippen LogP contribution is -2.03. The number of hydrogen-bond donors (Lipinski definition) is 1. The highest BCUT2D eigenvalue weighted by atomic mass is 16.3. The number of aliphatic hydroxyl groups excluding tert-OH is 1. The average molecular weight is 217 g/mol. The maximum Gasteiger partial charge on any atom is 0.107 e. The fourth-order valence-corrected chi connectivity index (χ4v) is 1.76. The molecule has 4 nitrogen and oxygen atoms in total. The lowest BCUT2D eigenvalue weighted by atomic mass is 9.99. The monoisotopic (exact) mass is 217 g/mol. The molecule has 84 valence electrons. The number of aromatic nitrogens is 3. The van der Waals surface area contributed by atoms with Gasteiger partial charge in [-0.15, -0.1) is 0 Å². The normalized spacial score (nSPS) is 12.7. The molecule has 0 fully saturated rings. The third-order valence-corrected chi connectivity index (χ3v) is 2.66. The van der Waals surface area contributed by atoms with Gasteiger partial charge in [-0.25, -0.2) is 0 Å². The van der Waals surface area contributed by atoms with E-state index in [1.807, 2.05) is 19.3 Å². The summed E-state index contributed by atoms with van der Waals surface area (Å²) in [6.07, 6.45) is 7.25. The van der Waals surface area contributed by atoms with E-state index in [2.05, 4.69) is 17.0 Å². The smallest absolute Gasteiger partial charge is 0.107 e. The van der Waals surface area contributed by atoms with Gasteiger partial charge in [0, 0.05) is 31.2 Å². The molecule has 0 aliphatic rings. The predicted molar refractivity (Wildman–Crippen MR) is 60.9 cm³/mol. The maximum atomic E-state index is 10.2. The van der Waals surface area contributed by atoms with Gasteiger partial charge in [0.15, 0.2) is 0 Å². The molecule has 0 saturated heterocycles. The topological polar surface area (TPSA) is 50.9 Å². The third kappa shape index (κ3) is 1.97. The Morgan fingerprint density at radius 1 is 1.44 bits per heavy atom. The van der Waals surface area contributed by atoms with E-state index in [9.17, 15) is 5.11 Å². The predicted octanol–water partition coefficient (Wildman–Crippen LogP) is 1.46. The largest absolute Gasteiger partial charge is 0.384 e. The van der Waals surface area contributed by atoms with Crippen LogP contribution in [0.3, 0.4) is 0 Å². The number of aliphatic hydroxyl groups is 1. The van der Waals surface area contributed by atoms with E-state index in [1.165, 1.54) is 0 Å². The van der Waals surface area contributed by atoms with E-state index in [1.54, 1.807) is 23.3 Å². The molecule has 4 heteroatoms. The van der Waals surface area contributed by atoms with Crippen LogP contribution in [0.15, 0.2) is 30.9 Å². The van der Waals surface area contributed by atoms with Crippen LogP contribution in [0, 0.1) is 0 Å². The molecule has 2 aromatic heterocycles. The standard InChI is InChI=1S/C12H15N3O/c1-3-9-6-13-5-4-11(9)12(16)10-7-14-15(2)8-10/h4-8,12,16H,3H2,1-2H3. The minimum absolute atomic E-state index is 0.619. The van der Waals surface area contributed by atoms with Crippen molar-refractivity contribution < 1.29 is 5.11 Å². The number of nitrogens with zero attached hydrogens (tertiary/aromatic N) is 3. The second kappa shape index (κ2) is 4.45. The summed E-state index contributed by atoms with van der Waals surface area (Å²) in [5.74, 6) is 0. The summed E-state index contributed by atoms with van der Waals surface area (Å²) in [4.78, 5) is 4.07. The molecular formula is C12H15N3O. The van der Waals surface area contributed by atoms with Gasteiger partial charge in [-0.2, -0.15) is 5.10 Å². The van der Waals surface area contributed by atoms with Crippen molar-refractivity contribution in [2.75, 3.05) is 0 Å². The van der Waals surface area contributed by atoms with Crippen LogP contribution in [0.25, 0.3) is 0 Å². The Labute approximate surface area is 94.6 Å². The van der Waals surface area contributed by atoms with Crippen LogP contribution in [0.1, 0.15) is 29.7 Å².